The number of aryl methyl sites for hydroxylation is 1. The second-order valence-corrected chi connectivity index (χ2v) is 3.01. The van der Waals surface area contributed by atoms with Crippen molar-refractivity contribution in [2.75, 3.05) is 11.9 Å². The molecule has 0 saturated carbocycles. The van der Waals surface area contributed by atoms with E-state index < -0.39 is 0 Å². The van der Waals surface area contributed by atoms with Crippen molar-refractivity contribution in [3.8, 4) is 12.3 Å². The van der Waals surface area contributed by atoms with Crippen molar-refractivity contribution in [2.24, 2.45) is 0 Å². The molecule has 0 unspecified atom stereocenters. The minimum atomic E-state index is 0.485. The summed E-state index contributed by atoms with van der Waals surface area (Å²) in [5, 5.41) is 7.18. The number of hydrogen-bond donors (Lipinski definition) is 1. The summed E-state index contributed by atoms with van der Waals surface area (Å²) in [6, 6.07) is 3.95. The Bertz CT molecular complexity index is 492. The number of terminal acetylenes is 1. The van der Waals surface area contributed by atoms with E-state index >= 15 is 0 Å². The zero-order chi connectivity index (χ0) is 9.97. The van der Waals surface area contributed by atoms with Crippen LogP contribution in [-0.4, -0.2) is 21.1 Å². The lowest BCUT2D eigenvalue weighted by atomic mass is 10.3. The largest absolute Gasteiger partial charge is 0.359 e. The van der Waals surface area contributed by atoms with Crippen LogP contribution in [0.5, 0.6) is 0 Å². The van der Waals surface area contributed by atoms with Crippen LogP contribution in [0.4, 0.5) is 5.82 Å². The van der Waals surface area contributed by atoms with Gasteiger partial charge in [-0.3, -0.25) is 0 Å². The fourth-order valence-corrected chi connectivity index (χ4v) is 1.32. The monoisotopic (exact) mass is 186 g/mol. The molecule has 0 fully saturated rings. The molecule has 70 valence electrons. The van der Waals surface area contributed by atoms with Gasteiger partial charge in [0.05, 0.1) is 6.54 Å². The van der Waals surface area contributed by atoms with E-state index in [1.165, 1.54) is 6.33 Å². The molecule has 2 rings (SSSR count). The summed E-state index contributed by atoms with van der Waals surface area (Å²) >= 11 is 0. The molecular weight excluding hydrogens is 176 g/mol. The molecule has 1 N–H and O–H groups in total. The number of rotatable bonds is 2. The molecule has 2 aromatic rings. The summed E-state index contributed by atoms with van der Waals surface area (Å²) in [4.78, 5) is 4.11. The summed E-state index contributed by atoms with van der Waals surface area (Å²) in [5.41, 5.74) is 1.95. The predicted molar refractivity (Wildman–Crippen MR) is 55.0 cm³/mol. The lowest BCUT2D eigenvalue weighted by molar-refractivity contribution is 0.956. The molecule has 0 aliphatic heterocycles. The highest BCUT2D eigenvalue weighted by Gasteiger charge is 2.01. The zero-order valence-corrected chi connectivity index (χ0v) is 7.86. The van der Waals surface area contributed by atoms with E-state index in [9.17, 15) is 0 Å². The van der Waals surface area contributed by atoms with Crippen molar-refractivity contribution < 1.29 is 0 Å². The molecule has 2 aromatic heterocycles. The number of aromatic nitrogens is 3. The van der Waals surface area contributed by atoms with Crippen LogP contribution in [0.25, 0.3) is 5.65 Å². The third-order valence-corrected chi connectivity index (χ3v) is 1.90. The van der Waals surface area contributed by atoms with Gasteiger partial charge in [-0.15, -0.1) is 6.42 Å². The lowest BCUT2D eigenvalue weighted by Crippen LogP contribution is -2.05. The number of hydrogen-bond acceptors (Lipinski definition) is 3. The second kappa shape index (κ2) is 3.38. The van der Waals surface area contributed by atoms with E-state index in [4.69, 9.17) is 6.42 Å². The van der Waals surface area contributed by atoms with Crippen molar-refractivity contribution in [1.82, 2.24) is 14.6 Å². The summed E-state index contributed by atoms with van der Waals surface area (Å²) in [5.74, 6) is 3.39. The smallest absolute Gasteiger partial charge is 0.157 e. The van der Waals surface area contributed by atoms with Crippen molar-refractivity contribution >= 4 is 11.5 Å². The quantitative estimate of drug-likeness (QED) is 0.714. The molecule has 0 atom stereocenters. The van der Waals surface area contributed by atoms with E-state index in [0.717, 1.165) is 17.0 Å². The Kier molecular flexibility index (Phi) is 2.07. The average Bonchev–Trinajstić information content (AvgIpc) is 2.61. The fourth-order valence-electron chi connectivity index (χ4n) is 1.32. The molecule has 4 heteroatoms. The third-order valence-electron chi connectivity index (χ3n) is 1.90. The Morgan fingerprint density at radius 3 is 3.21 bits per heavy atom. The fraction of sp³-hybridized carbons (Fsp3) is 0.200. The van der Waals surface area contributed by atoms with E-state index in [-0.39, 0.29) is 0 Å². The van der Waals surface area contributed by atoms with Crippen LogP contribution in [0, 0.1) is 19.3 Å². The summed E-state index contributed by atoms with van der Waals surface area (Å²) in [6.45, 7) is 2.49. The molecule has 2 heterocycles. The number of anilines is 1. The van der Waals surface area contributed by atoms with Gasteiger partial charge >= 0.3 is 0 Å². The second-order valence-electron chi connectivity index (χ2n) is 3.01. The number of pyridine rings is 1. The Hall–Kier alpha value is -2.02. The zero-order valence-electron chi connectivity index (χ0n) is 7.86. The van der Waals surface area contributed by atoms with E-state index in [1.807, 2.05) is 19.1 Å². The molecule has 0 spiro atoms. The first-order chi connectivity index (χ1) is 6.81. The van der Waals surface area contributed by atoms with E-state index in [1.54, 1.807) is 4.52 Å². The van der Waals surface area contributed by atoms with Crippen LogP contribution in [0.3, 0.4) is 0 Å². The summed E-state index contributed by atoms with van der Waals surface area (Å²) in [6.07, 6.45) is 6.70. The minimum absolute atomic E-state index is 0.485. The van der Waals surface area contributed by atoms with Crippen LogP contribution in [0.1, 0.15) is 5.56 Å². The molecule has 0 saturated heterocycles. The predicted octanol–water partition coefficient (Wildman–Crippen LogP) is 1.08. The van der Waals surface area contributed by atoms with Crippen molar-refractivity contribution in [3.05, 3.63) is 24.0 Å². The number of fused-ring (bicyclic) bond motifs is 1. The van der Waals surface area contributed by atoms with Gasteiger partial charge < -0.3 is 5.32 Å². The van der Waals surface area contributed by atoms with Crippen molar-refractivity contribution in [3.63, 3.8) is 0 Å². The van der Waals surface area contributed by atoms with Crippen molar-refractivity contribution in [2.45, 2.75) is 6.92 Å². The first kappa shape index (κ1) is 8.57. The van der Waals surface area contributed by atoms with Gasteiger partial charge in [0, 0.05) is 0 Å². The lowest BCUT2D eigenvalue weighted by Gasteiger charge is -2.05. The van der Waals surface area contributed by atoms with Gasteiger partial charge in [-0.05, 0) is 24.6 Å². The van der Waals surface area contributed by atoms with Crippen LogP contribution in [-0.2, 0) is 0 Å². The SMILES string of the molecule is C#CCNc1cc(C)cc2ncnn12. The van der Waals surface area contributed by atoms with E-state index in [0.29, 0.717) is 6.54 Å². The average molecular weight is 186 g/mol. The van der Waals surface area contributed by atoms with Crippen LogP contribution < -0.4 is 5.32 Å². The van der Waals surface area contributed by atoms with Gasteiger partial charge in [0.15, 0.2) is 5.65 Å². The maximum absolute atomic E-state index is 5.18. The Balaban J connectivity index is 2.51. The maximum Gasteiger partial charge on any atom is 0.157 e. The molecular formula is C10H10N4. The van der Waals surface area contributed by atoms with Gasteiger partial charge in [-0.2, -0.15) is 9.61 Å². The molecule has 14 heavy (non-hydrogen) atoms. The first-order valence-electron chi connectivity index (χ1n) is 4.29. The molecule has 0 bridgehead atoms. The molecule has 0 aromatic carbocycles. The Labute approximate surface area is 82.0 Å². The van der Waals surface area contributed by atoms with Crippen molar-refractivity contribution in [1.29, 1.82) is 0 Å². The van der Waals surface area contributed by atoms with Gasteiger partial charge in [-0.25, -0.2) is 4.98 Å². The maximum atomic E-state index is 5.18. The molecule has 0 aliphatic carbocycles. The number of nitrogens with zero attached hydrogens (tertiary/aromatic N) is 3. The van der Waals surface area contributed by atoms with Gasteiger partial charge in [0.2, 0.25) is 0 Å². The van der Waals surface area contributed by atoms with Crippen LogP contribution >= 0.6 is 0 Å². The normalized spacial score (nSPS) is 10.0. The standard InChI is InChI=1S/C10H10N4/c1-3-4-11-9-5-8(2)6-10-12-7-13-14(9)10/h1,5-7,11H,4H2,2H3. The van der Waals surface area contributed by atoms with Gasteiger partial charge in [-0.1, -0.05) is 5.92 Å². The highest BCUT2D eigenvalue weighted by molar-refractivity contribution is 5.51. The Morgan fingerprint density at radius 1 is 1.57 bits per heavy atom. The highest BCUT2D eigenvalue weighted by Crippen LogP contribution is 2.12. The first-order valence-corrected chi connectivity index (χ1v) is 4.29. The number of nitrogens with one attached hydrogen (secondary N) is 1. The molecule has 0 amide bonds. The summed E-state index contributed by atoms with van der Waals surface area (Å²) in [7, 11) is 0. The summed E-state index contributed by atoms with van der Waals surface area (Å²) < 4.78 is 1.73. The molecule has 0 aliphatic rings. The minimum Gasteiger partial charge on any atom is -0.359 e. The molecule has 0 radical (unpaired) electrons. The Morgan fingerprint density at radius 2 is 2.43 bits per heavy atom. The van der Waals surface area contributed by atoms with E-state index in [2.05, 4.69) is 21.3 Å². The van der Waals surface area contributed by atoms with Crippen LogP contribution in [0.15, 0.2) is 18.5 Å². The molecule has 4 nitrogen and oxygen atoms in total. The van der Waals surface area contributed by atoms with Gasteiger partial charge in [0.25, 0.3) is 0 Å². The van der Waals surface area contributed by atoms with Crippen LogP contribution in [0.2, 0.25) is 0 Å². The highest BCUT2D eigenvalue weighted by atomic mass is 15.3. The topological polar surface area (TPSA) is 42.2 Å². The third kappa shape index (κ3) is 1.40. The van der Waals surface area contributed by atoms with Gasteiger partial charge in [0.1, 0.15) is 12.1 Å².